The van der Waals surface area contributed by atoms with E-state index in [1.807, 2.05) is 13.8 Å². The summed E-state index contributed by atoms with van der Waals surface area (Å²) in [6.45, 7) is 5.45. The van der Waals surface area contributed by atoms with Crippen LogP contribution in [0.2, 0.25) is 0 Å². The monoisotopic (exact) mass is 224 g/mol. The van der Waals surface area contributed by atoms with E-state index < -0.39 is 12.1 Å². The van der Waals surface area contributed by atoms with Gasteiger partial charge in [0, 0.05) is 0 Å². The van der Waals surface area contributed by atoms with Gasteiger partial charge < -0.3 is 14.9 Å². The Kier molecular flexibility index (Phi) is 3.55. The molecule has 1 rings (SSSR count). The Hall–Kier alpha value is -1.55. The highest BCUT2D eigenvalue weighted by Crippen LogP contribution is 2.31. The molecule has 88 valence electrons. The van der Waals surface area contributed by atoms with Crippen LogP contribution in [0.15, 0.2) is 6.07 Å². The summed E-state index contributed by atoms with van der Waals surface area (Å²) in [5, 5.41) is 18.3. The van der Waals surface area contributed by atoms with E-state index in [1.165, 1.54) is 0 Å². The lowest BCUT2D eigenvalue weighted by Crippen LogP contribution is -2.13. The van der Waals surface area contributed by atoms with Gasteiger partial charge in [0.05, 0.1) is 7.11 Å². The van der Waals surface area contributed by atoms with Crippen LogP contribution in [0, 0.1) is 20.8 Å². The third-order valence-electron chi connectivity index (χ3n) is 2.80. The number of aliphatic carboxylic acids is 1. The first-order valence-electron chi connectivity index (χ1n) is 4.95. The first-order chi connectivity index (χ1) is 7.40. The van der Waals surface area contributed by atoms with Crippen molar-refractivity contribution in [2.24, 2.45) is 0 Å². The fourth-order valence-electron chi connectivity index (χ4n) is 1.82. The van der Waals surface area contributed by atoms with Gasteiger partial charge in [-0.1, -0.05) is 0 Å². The van der Waals surface area contributed by atoms with Crippen LogP contribution in [0.5, 0.6) is 5.75 Å². The van der Waals surface area contributed by atoms with Crippen molar-refractivity contribution in [3.8, 4) is 5.75 Å². The SMILES string of the molecule is COc1c(C)cc(C(O)C(=O)O)c(C)c1C. The van der Waals surface area contributed by atoms with Crippen molar-refractivity contribution in [2.75, 3.05) is 7.11 Å². The summed E-state index contributed by atoms with van der Waals surface area (Å²) in [6, 6.07) is 1.65. The predicted octanol–water partition coefficient (Wildman–Crippen LogP) is 1.74. The van der Waals surface area contributed by atoms with Crippen molar-refractivity contribution < 1.29 is 19.7 Å². The van der Waals surface area contributed by atoms with Gasteiger partial charge in [-0.05, 0) is 49.1 Å². The summed E-state index contributed by atoms with van der Waals surface area (Å²) in [5.41, 5.74) is 2.85. The first-order valence-corrected chi connectivity index (χ1v) is 4.95. The molecule has 1 unspecified atom stereocenters. The maximum absolute atomic E-state index is 10.7. The second kappa shape index (κ2) is 4.53. The van der Waals surface area contributed by atoms with E-state index in [0.29, 0.717) is 5.56 Å². The topological polar surface area (TPSA) is 66.8 Å². The fraction of sp³-hybridized carbons (Fsp3) is 0.417. The number of hydrogen-bond donors (Lipinski definition) is 2. The average Bonchev–Trinajstić information content (AvgIpc) is 2.23. The Morgan fingerprint density at radius 3 is 2.31 bits per heavy atom. The smallest absolute Gasteiger partial charge is 0.337 e. The van der Waals surface area contributed by atoms with Gasteiger partial charge in [0.1, 0.15) is 5.75 Å². The number of carbonyl (C=O) groups is 1. The zero-order valence-electron chi connectivity index (χ0n) is 9.87. The number of aliphatic hydroxyl groups excluding tert-OH is 1. The summed E-state index contributed by atoms with van der Waals surface area (Å²) >= 11 is 0. The molecule has 1 aromatic rings. The average molecular weight is 224 g/mol. The molecule has 0 heterocycles. The van der Waals surface area contributed by atoms with Gasteiger partial charge in [-0.3, -0.25) is 0 Å². The molecule has 0 radical (unpaired) electrons. The minimum Gasteiger partial charge on any atom is -0.496 e. The van der Waals surface area contributed by atoms with E-state index in [0.717, 1.165) is 22.4 Å². The van der Waals surface area contributed by atoms with Crippen molar-refractivity contribution in [3.63, 3.8) is 0 Å². The number of carboxylic acids is 1. The van der Waals surface area contributed by atoms with Gasteiger partial charge >= 0.3 is 5.97 Å². The predicted molar refractivity (Wildman–Crippen MR) is 59.8 cm³/mol. The Morgan fingerprint density at radius 1 is 1.31 bits per heavy atom. The molecule has 0 aliphatic carbocycles. The highest BCUT2D eigenvalue weighted by molar-refractivity contribution is 5.75. The van der Waals surface area contributed by atoms with Crippen LogP contribution in [0.3, 0.4) is 0 Å². The van der Waals surface area contributed by atoms with Crippen molar-refractivity contribution in [1.29, 1.82) is 0 Å². The number of aliphatic hydroxyl groups is 1. The molecule has 2 N–H and O–H groups in total. The van der Waals surface area contributed by atoms with Gasteiger partial charge in [-0.2, -0.15) is 0 Å². The molecule has 0 saturated heterocycles. The third-order valence-corrected chi connectivity index (χ3v) is 2.80. The minimum absolute atomic E-state index is 0.420. The minimum atomic E-state index is -1.48. The summed E-state index contributed by atoms with van der Waals surface area (Å²) in [5.74, 6) is -0.508. The second-order valence-electron chi connectivity index (χ2n) is 3.81. The molecular weight excluding hydrogens is 208 g/mol. The molecule has 0 aliphatic heterocycles. The van der Waals surface area contributed by atoms with Crippen LogP contribution in [-0.2, 0) is 4.79 Å². The number of rotatable bonds is 3. The number of ether oxygens (including phenoxy) is 1. The molecule has 0 spiro atoms. The molecule has 0 aliphatic rings. The lowest BCUT2D eigenvalue weighted by Gasteiger charge is -2.17. The van der Waals surface area contributed by atoms with Gasteiger partial charge in [0.2, 0.25) is 0 Å². The van der Waals surface area contributed by atoms with Crippen LogP contribution in [0.4, 0.5) is 0 Å². The molecule has 1 atom stereocenters. The van der Waals surface area contributed by atoms with Crippen molar-refractivity contribution in [2.45, 2.75) is 26.9 Å². The number of carboxylic acid groups (broad SMARTS) is 1. The van der Waals surface area contributed by atoms with E-state index in [-0.39, 0.29) is 0 Å². The molecule has 1 aromatic carbocycles. The van der Waals surface area contributed by atoms with Crippen LogP contribution < -0.4 is 4.74 Å². The highest BCUT2D eigenvalue weighted by atomic mass is 16.5. The Morgan fingerprint density at radius 2 is 1.88 bits per heavy atom. The normalized spacial score (nSPS) is 12.3. The summed E-state index contributed by atoms with van der Waals surface area (Å²) in [6.07, 6.45) is -1.48. The summed E-state index contributed by atoms with van der Waals surface area (Å²) in [7, 11) is 1.57. The van der Waals surface area contributed by atoms with Crippen LogP contribution in [0.25, 0.3) is 0 Å². The van der Waals surface area contributed by atoms with E-state index in [4.69, 9.17) is 9.84 Å². The molecule has 4 heteroatoms. The zero-order chi connectivity index (χ0) is 12.5. The van der Waals surface area contributed by atoms with Crippen molar-refractivity contribution in [1.82, 2.24) is 0 Å². The van der Waals surface area contributed by atoms with Crippen molar-refractivity contribution >= 4 is 5.97 Å². The first kappa shape index (κ1) is 12.5. The maximum atomic E-state index is 10.7. The number of aryl methyl sites for hydroxylation is 1. The molecule has 0 bridgehead atoms. The largest absolute Gasteiger partial charge is 0.496 e. The molecule has 4 nitrogen and oxygen atoms in total. The Bertz CT molecular complexity index is 424. The molecule has 0 aromatic heterocycles. The molecule has 16 heavy (non-hydrogen) atoms. The van der Waals surface area contributed by atoms with E-state index in [2.05, 4.69) is 0 Å². The molecular formula is C12H16O4. The zero-order valence-corrected chi connectivity index (χ0v) is 9.87. The molecule has 0 fully saturated rings. The molecule has 0 saturated carbocycles. The Balaban J connectivity index is 3.39. The fourth-order valence-corrected chi connectivity index (χ4v) is 1.82. The number of methoxy groups -OCH3 is 1. The highest BCUT2D eigenvalue weighted by Gasteiger charge is 2.21. The van der Waals surface area contributed by atoms with Gasteiger partial charge in [-0.25, -0.2) is 4.79 Å². The van der Waals surface area contributed by atoms with Gasteiger partial charge in [0.15, 0.2) is 6.10 Å². The lowest BCUT2D eigenvalue weighted by molar-refractivity contribution is -0.147. The summed E-state index contributed by atoms with van der Waals surface area (Å²) < 4.78 is 5.22. The van der Waals surface area contributed by atoms with Crippen LogP contribution >= 0.6 is 0 Å². The lowest BCUT2D eigenvalue weighted by atomic mass is 9.95. The van der Waals surface area contributed by atoms with E-state index >= 15 is 0 Å². The van der Waals surface area contributed by atoms with E-state index in [1.54, 1.807) is 20.1 Å². The second-order valence-corrected chi connectivity index (χ2v) is 3.81. The van der Waals surface area contributed by atoms with Gasteiger partial charge in [0.25, 0.3) is 0 Å². The van der Waals surface area contributed by atoms with E-state index in [9.17, 15) is 9.90 Å². The number of benzene rings is 1. The Labute approximate surface area is 94.5 Å². The summed E-state index contributed by atoms with van der Waals surface area (Å²) in [4.78, 5) is 10.7. The number of hydrogen-bond acceptors (Lipinski definition) is 3. The van der Waals surface area contributed by atoms with Crippen molar-refractivity contribution in [3.05, 3.63) is 28.3 Å². The molecule has 0 amide bonds. The van der Waals surface area contributed by atoms with Gasteiger partial charge in [-0.15, -0.1) is 0 Å². The standard InChI is InChI=1S/C12H16O4/c1-6-5-9(10(13)12(14)15)7(2)8(3)11(6)16-4/h5,10,13H,1-4H3,(H,14,15). The quantitative estimate of drug-likeness (QED) is 0.820. The van der Waals surface area contributed by atoms with Crippen LogP contribution in [-0.4, -0.2) is 23.3 Å². The third kappa shape index (κ3) is 2.02. The maximum Gasteiger partial charge on any atom is 0.337 e. The van der Waals surface area contributed by atoms with Crippen LogP contribution in [0.1, 0.15) is 28.4 Å².